The number of hydrogen-bond donors (Lipinski definition) is 1. The molecule has 2 aliphatic rings. The summed E-state index contributed by atoms with van der Waals surface area (Å²) in [7, 11) is 1.83. The van der Waals surface area contributed by atoms with Gasteiger partial charge < -0.3 is 10.5 Å². The molecule has 1 aromatic rings. The minimum Gasteiger partial charge on any atom is -0.378 e. The predicted molar refractivity (Wildman–Crippen MR) is 69.1 cm³/mol. The minimum absolute atomic E-state index is 0.151. The van der Waals surface area contributed by atoms with E-state index in [-0.39, 0.29) is 5.60 Å². The molecule has 2 saturated carbocycles. The molecule has 2 nitrogen and oxygen atoms in total. The quantitative estimate of drug-likeness (QED) is 0.844. The van der Waals surface area contributed by atoms with Crippen molar-refractivity contribution in [1.29, 1.82) is 0 Å². The van der Waals surface area contributed by atoms with Gasteiger partial charge in [-0.1, -0.05) is 24.3 Å². The lowest BCUT2D eigenvalue weighted by atomic mass is 9.93. The number of nitrogens with two attached hydrogens (primary N) is 1. The van der Waals surface area contributed by atoms with Gasteiger partial charge in [-0.05, 0) is 36.8 Å². The molecule has 2 fully saturated rings. The van der Waals surface area contributed by atoms with E-state index in [0.29, 0.717) is 5.41 Å². The molecule has 0 heterocycles. The molecule has 92 valence electrons. The second-order valence-corrected chi connectivity index (χ2v) is 5.75. The Morgan fingerprint density at radius 3 is 2.53 bits per heavy atom. The van der Waals surface area contributed by atoms with Gasteiger partial charge in [0.2, 0.25) is 0 Å². The van der Waals surface area contributed by atoms with E-state index in [1.807, 2.05) is 7.11 Å². The number of methoxy groups -OCH3 is 1. The van der Waals surface area contributed by atoms with Crippen LogP contribution in [0.1, 0.15) is 36.8 Å². The number of ether oxygens (including phenoxy) is 1. The van der Waals surface area contributed by atoms with Gasteiger partial charge in [0.1, 0.15) is 0 Å². The van der Waals surface area contributed by atoms with Crippen LogP contribution in [0.4, 0.5) is 0 Å². The Morgan fingerprint density at radius 1 is 1.24 bits per heavy atom. The fourth-order valence-corrected chi connectivity index (χ4v) is 2.74. The highest BCUT2D eigenvalue weighted by Crippen LogP contribution is 2.48. The molecular weight excluding hydrogens is 210 g/mol. The highest BCUT2D eigenvalue weighted by Gasteiger charge is 2.44. The maximum atomic E-state index is 5.89. The topological polar surface area (TPSA) is 35.2 Å². The van der Waals surface area contributed by atoms with Gasteiger partial charge in [-0.25, -0.2) is 0 Å². The number of benzene rings is 1. The maximum absolute atomic E-state index is 5.89. The lowest BCUT2D eigenvalue weighted by Gasteiger charge is -2.17. The fraction of sp³-hybridized carbons (Fsp3) is 0.600. The molecule has 0 bridgehead atoms. The molecule has 2 aliphatic carbocycles. The third-order valence-corrected chi connectivity index (χ3v) is 4.55. The van der Waals surface area contributed by atoms with Crippen LogP contribution in [0.15, 0.2) is 24.3 Å². The summed E-state index contributed by atoms with van der Waals surface area (Å²) in [5.41, 5.74) is 9.19. The second kappa shape index (κ2) is 3.82. The van der Waals surface area contributed by atoms with Gasteiger partial charge in [0.25, 0.3) is 0 Å². The summed E-state index contributed by atoms with van der Waals surface area (Å²) in [6.07, 6.45) is 5.97. The molecule has 0 amide bonds. The zero-order chi connectivity index (χ0) is 11.9. The van der Waals surface area contributed by atoms with Gasteiger partial charge in [-0.15, -0.1) is 0 Å². The zero-order valence-corrected chi connectivity index (χ0v) is 10.5. The van der Waals surface area contributed by atoms with E-state index >= 15 is 0 Å². The number of rotatable bonds is 5. The predicted octanol–water partition coefficient (Wildman–Crippen LogP) is 2.40. The molecule has 0 aromatic heterocycles. The van der Waals surface area contributed by atoms with Crippen molar-refractivity contribution in [2.75, 3.05) is 13.7 Å². The molecule has 0 saturated heterocycles. The van der Waals surface area contributed by atoms with E-state index in [0.717, 1.165) is 13.0 Å². The van der Waals surface area contributed by atoms with E-state index in [4.69, 9.17) is 10.5 Å². The molecule has 3 rings (SSSR count). The third-order valence-electron chi connectivity index (χ3n) is 4.55. The molecule has 0 atom stereocenters. The van der Waals surface area contributed by atoms with Crippen molar-refractivity contribution < 1.29 is 4.74 Å². The molecule has 0 unspecified atom stereocenters. The van der Waals surface area contributed by atoms with Crippen LogP contribution in [0.2, 0.25) is 0 Å². The first kappa shape index (κ1) is 11.2. The Labute approximate surface area is 103 Å². The monoisotopic (exact) mass is 231 g/mol. The lowest BCUT2D eigenvalue weighted by molar-refractivity contribution is 0.0807. The fourth-order valence-electron chi connectivity index (χ4n) is 2.74. The van der Waals surface area contributed by atoms with Gasteiger partial charge >= 0.3 is 0 Å². The second-order valence-electron chi connectivity index (χ2n) is 5.75. The van der Waals surface area contributed by atoms with Crippen molar-refractivity contribution in [3.05, 3.63) is 35.4 Å². The third kappa shape index (κ3) is 2.00. The Morgan fingerprint density at radius 2 is 2.00 bits per heavy atom. The average molecular weight is 231 g/mol. The Kier molecular flexibility index (Phi) is 2.53. The SMILES string of the molecule is COC1(Cc2cccc(C3(CN)CC3)c2)CC1. The van der Waals surface area contributed by atoms with E-state index in [2.05, 4.69) is 24.3 Å². The highest BCUT2D eigenvalue weighted by molar-refractivity contribution is 5.36. The summed E-state index contributed by atoms with van der Waals surface area (Å²) >= 11 is 0. The minimum atomic E-state index is 0.151. The average Bonchev–Trinajstić information content (AvgIpc) is 3.26. The smallest absolute Gasteiger partial charge is 0.0721 e. The van der Waals surface area contributed by atoms with Crippen molar-refractivity contribution in [2.45, 2.75) is 43.1 Å². The first-order chi connectivity index (χ1) is 8.22. The van der Waals surface area contributed by atoms with Gasteiger partial charge in [0, 0.05) is 25.5 Å². The van der Waals surface area contributed by atoms with Crippen molar-refractivity contribution in [3.8, 4) is 0 Å². The first-order valence-corrected chi connectivity index (χ1v) is 6.57. The molecule has 0 aliphatic heterocycles. The summed E-state index contributed by atoms with van der Waals surface area (Å²) in [6.45, 7) is 0.784. The van der Waals surface area contributed by atoms with Crippen LogP contribution in [0.5, 0.6) is 0 Å². The normalized spacial score (nSPS) is 23.4. The van der Waals surface area contributed by atoms with Crippen LogP contribution in [0.3, 0.4) is 0 Å². The van der Waals surface area contributed by atoms with Gasteiger partial charge in [-0.2, -0.15) is 0 Å². The summed E-state index contributed by atoms with van der Waals surface area (Å²) in [5, 5.41) is 0. The van der Waals surface area contributed by atoms with Crippen molar-refractivity contribution in [2.24, 2.45) is 5.73 Å². The molecule has 0 spiro atoms. The van der Waals surface area contributed by atoms with E-state index in [9.17, 15) is 0 Å². The van der Waals surface area contributed by atoms with E-state index < -0.39 is 0 Å². The van der Waals surface area contributed by atoms with Gasteiger partial charge in [-0.3, -0.25) is 0 Å². The summed E-state index contributed by atoms with van der Waals surface area (Å²) in [5.74, 6) is 0. The van der Waals surface area contributed by atoms with Crippen LogP contribution in [0.25, 0.3) is 0 Å². The van der Waals surface area contributed by atoms with E-state index in [1.165, 1.54) is 36.8 Å². The van der Waals surface area contributed by atoms with Gasteiger partial charge in [0.05, 0.1) is 5.60 Å². The molecule has 1 aromatic carbocycles. The Bertz CT molecular complexity index is 419. The van der Waals surface area contributed by atoms with Crippen LogP contribution >= 0.6 is 0 Å². The van der Waals surface area contributed by atoms with Crippen LogP contribution in [-0.2, 0) is 16.6 Å². The van der Waals surface area contributed by atoms with Crippen molar-refractivity contribution in [3.63, 3.8) is 0 Å². The van der Waals surface area contributed by atoms with E-state index in [1.54, 1.807) is 0 Å². The first-order valence-electron chi connectivity index (χ1n) is 6.57. The largest absolute Gasteiger partial charge is 0.378 e. The van der Waals surface area contributed by atoms with Gasteiger partial charge in [0.15, 0.2) is 0 Å². The molecular formula is C15H21NO. The molecule has 17 heavy (non-hydrogen) atoms. The van der Waals surface area contributed by atoms with Crippen molar-refractivity contribution >= 4 is 0 Å². The zero-order valence-electron chi connectivity index (χ0n) is 10.5. The van der Waals surface area contributed by atoms with Crippen molar-refractivity contribution in [1.82, 2.24) is 0 Å². The highest BCUT2D eigenvalue weighted by atomic mass is 16.5. The standard InChI is InChI=1S/C15H21NO/c1-17-15(7-8-15)10-12-3-2-4-13(9-12)14(11-16)5-6-14/h2-4,9H,5-8,10-11,16H2,1H3. The number of hydrogen-bond acceptors (Lipinski definition) is 2. The summed E-state index contributed by atoms with van der Waals surface area (Å²) in [6, 6.07) is 8.97. The lowest BCUT2D eigenvalue weighted by Crippen LogP contribution is -2.20. The molecule has 2 N–H and O–H groups in total. The van der Waals surface area contributed by atoms with Crippen LogP contribution in [-0.4, -0.2) is 19.3 Å². The summed E-state index contributed by atoms with van der Waals surface area (Å²) < 4.78 is 5.60. The Balaban J connectivity index is 1.80. The maximum Gasteiger partial charge on any atom is 0.0721 e. The molecule has 0 radical (unpaired) electrons. The Hall–Kier alpha value is -0.860. The van der Waals surface area contributed by atoms with Crippen LogP contribution < -0.4 is 5.73 Å². The molecule has 2 heteroatoms. The van der Waals surface area contributed by atoms with Crippen LogP contribution in [0, 0.1) is 0 Å². The summed E-state index contributed by atoms with van der Waals surface area (Å²) in [4.78, 5) is 0.